The van der Waals surface area contributed by atoms with E-state index in [0.29, 0.717) is 12.8 Å². The molecule has 0 radical (unpaired) electrons. The third-order valence-electron chi connectivity index (χ3n) is 2.96. The summed E-state index contributed by atoms with van der Waals surface area (Å²) >= 11 is 0. The highest BCUT2D eigenvalue weighted by molar-refractivity contribution is 5.08. The number of nitrogens with two attached hydrogens (primary N) is 1. The molecule has 0 unspecified atom stereocenters. The van der Waals surface area contributed by atoms with Gasteiger partial charge in [-0.15, -0.1) is 5.10 Å². The first-order valence-electron chi connectivity index (χ1n) is 5.14. The fourth-order valence-corrected chi connectivity index (χ4v) is 2.21. The summed E-state index contributed by atoms with van der Waals surface area (Å²) in [5.41, 5.74) is 5.22. The number of nitrogens with zero attached hydrogens (tertiary/aromatic N) is 2. The first-order chi connectivity index (χ1) is 7.48. The Labute approximate surface area is 90.0 Å². The van der Waals surface area contributed by atoms with Gasteiger partial charge in [0.05, 0.1) is 5.92 Å². The highest BCUT2D eigenvalue weighted by Crippen LogP contribution is 2.45. The van der Waals surface area contributed by atoms with Gasteiger partial charge in [-0.05, 0) is 12.8 Å². The van der Waals surface area contributed by atoms with Gasteiger partial charge in [0.1, 0.15) is 0 Å². The summed E-state index contributed by atoms with van der Waals surface area (Å²) in [5.74, 6) is -2.11. The zero-order valence-electron chi connectivity index (χ0n) is 8.50. The van der Waals surface area contributed by atoms with Crippen LogP contribution in [0, 0.1) is 5.92 Å². The summed E-state index contributed by atoms with van der Waals surface area (Å²) < 4.78 is 43.2. The van der Waals surface area contributed by atoms with Crippen LogP contribution in [0.2, 0.25) is 0 Å². The SMILES string of the molecule is Nc1nnc([C@H]2CCCC[C@@H]2C(F)(F)F)o1. The van der Waals surface area contributed by atoms with Gasteiger partial charge in [-0.25, -0.2) is 0 Å². The van der Waals surface area contributed by atoms with Crippen LogP contribution >= 0.6 is 0 Å². The fraction of sp³-hybridized carbons (Fsp3) is 0.778. The Morgan fingerprint density at radius 2 is 1.88 bits per heavy atom. The maximum Gasteiger partial charge on any atom is 0.392 e. The molecule has 0 aliphatic heterocycles. The van der Waals surface area contributed by atoms with Crippen LogP contribution < -0.4 is 5.73 Å². The first kappa shape index (κ1) is 11.2. The Bertz CT molecular complexity index is 363. The van der Waals surface area contributed by atoms with Crippen molar-refractivity contribution >= 4 is 6.01 Å². The molecule has 0 amide bonds. The predicted octanol–water partition coefficient (Wildman–Crippen LogP) is 2.49. The zero-order chi connectivity index (χ0) is 11.8. The van der Waals surface area contributed by atoms with Crippen molar-refractivity contribution < 1.29 is 17.6 Å². The molecule has 2 N–H and O–H groups in total. The van der Waals surface area contributed by atoms with Gasteiger partial charge in [0, 0.05) is 5.92 Å². The fourth-order valence-electron chi connectivity index (χ4n) is 2.21. The molecule has 7 heteroatoms. The Balaban J connectivity index is 2.23. The number of alkyl halides is 3. The number of aromatic nitrogens is 2. The topological polar surface area (TPSA) is 64.9 Å². The number of anilines is 1. The maximum atomic E-state index is 12.8. The molecule has 2 rings (SSSR count). The van der Waals surface area contributed by atoms with Crippen molar-refractivity contribution in [3.05, 3.63) is 5.89 Å². The maximum absolute atomic E-state index is 12.8. The number of hydrogen-bond acceptors (Lipinski definition) is 4. The Hall–Kier alpha value is -1.27. The average Bonchev–Trinajstić information content (AvgIpc) is 2.64. The molecule has 1 saturated carbocycles. The minimum atomic E-state index is -4.21. The molecule has 1 heterocycles. The molecule has 1 aliphatic rings. The molecule has 1 aromatic heterocycles. The van der Waals surface area contributed by atoms with Crippen LogP contribution in [0.15, 0.2) is 4.42 Å². The molecule has 2 atom stereocenters. The summed E-state index contributed by atoms with van der Waals surface area (Å²) in [6, 6.07) is -0.179. The largest absolute Gasteiger partial charge is 0.408 e. The van der Waals surface area contributed by atoms with Gasteiger partial charge in [-0.1, -0.05) is 17.9 Å². The second-order valence-corrected chi connectivity index (χ2v) is 4.02. The highest BCUT2D eigenvalue weighted by atomic mass is 19.4. The normalized spacial score (nSPS) is 26.9. The Morgan fingerprint density at radius 3 is 2.44 bits per heavy atom. The van der Waals surface area contributed by atoms with Crippen molar-refractivity contribution in [2.45, 2.75) is 37.8 Å². The summed E-state index contributed by atoms with van der Waals surface area (Å²) in [6.07, 6.45) is -2.33. The van der Waals surface area contributed by atoms with E-state index in [9.17, 15) is 13.2 Å². The molecule has 0 aromatic carbocycles. The van der Waals surface area contributed by atoms with Crippen LogP contribution in [0.5, 0.6) is 0 Å². The number of nitrogen functional groups attached to an aromatic ring is 1. The van der Waals surface area contributed by atoms with Gasteiger partial charge in [-0.3, -0.25) is 0 Å². The van der Waals surface area contributed by atoms with Crippen LogP contribution in [0.4, 0.5) is 19.2 Å². The molecule has 4 nitrogen and oxygen atoms in total. The Kier molecular flexibility index (Phi) is 2.77. The van der Waals surface area contributed by atoms with Crippen molar-refractivity contribution in [1.29, 1.82) is 0 Å². The quantitative estimate of drug-likeness (QED) is 0.812. The van der Waals surface area contributed by atoms with Crippen molar-refractivity contribution in [2.24, 2.45) is 5.92 Å². The van der Waals surface area contributed by atoms with Crippen LogP contribution in [-0.4, -0.2) is 16.4 Å². The first-order valence-corrected chi connectivity index (χ1v) is 5.14. The van der Waals surface area contributed by atoms with Gasteiger partial charge in [0.15, 0.2) is 0 Å². The van der Waals surface area contributed by atoms with Crippen molar-refractivity contribution in [2.75, 3.05) is 5.73 Å². The van der Waals surface area contributed by atoms with Crippen LogP contribution in [0.25, 0.3) is 0 Å². The zero-order valence-corrected chi connectivity index (χ0v) is 8.50. The van der Waals surface area contributed by atoms with Gasteiger partial charge in [-0.2, -0.15) is 13.2 Å². The van der Waals surface area contributed by atoms with Crippen molar-refractivity contribution in [3.63, 3.8) is 0 Å². The summed E-state index contributed by atoms with van der Waals surface area (Å²) in [6.45, 7) is 0. The second-order valence-electron chi connectivity index (χ2n) is 4.02. The summed E-state index contributed by atoms with van der Waals surface area (Å²) in [4.78, 5) is 0. The van der Waals surface area contributed by atoms with E-state index in [2.05, 4.69) is 10.2 Å². The second kappa shape index (κ2) is 3.95. The number of rotatable bonds is 1. The van der Waals surface area contributed by atoms with Gasteiger partial charge >= 0.3 is 12.2 Å². The van der Waals surface area contributed by atoms with E-state index in [4.69, 9.17) is 10.2 Å². The third kappa shape index (κ3) is 2.12. The van der Waals surface area contributed by atoms with Gasteiger partial charge in [0.2, 0.25) is 5.89 Å². The van der Waals surface area contributed by atoms with Crippen LogP contribution in [0.3, 0.4) is 0 Å². The summed E-state index contributed by atoms with van der Waals surface area (Å²) in [7, 11) is 0. The van der Waals surface area contributed by atoms with Gasteiger partial charge in [0.25, 0.3) is 0 Å². The molecule has 0 spiro atoms. The monoisotopic (exact) mass is 235 g/mol. The van der Waals surface area contributed by atoms with Crippen molar-refractivity contribution in [3.8, 4) is 0 Å². The molecule has 1 fully saturated rings. The van der Waals surface area contributed by atoms with E-state index < -0.39 is 18.0 Å². The molecule has 90 valence electrons. The summed E-state index contributed by atoms with van der Waals surface area (Å²) in [5, 5.41) is 6.96. The molecular formula is C9H12F3N3O. The number of hydrogen-bond donors (Lipinski definition) is 1. The third-order valence-corrected chi connectivity index (χ3v) is 2.96. The molecule has 0 bridgehead atoms. The molecule has 1 aromatic rings. The van der Waals surface area contributed by atoms with Crippen LogP contribution in [0.1, 0.15) is 37.5 Å². The minimum Gasteiger partial charge on any atom is -0.408 e. The Morgan fingerprint density at radius 1 is 1.19 bits per heavy atom. The highest BCUT2D eigenvalue weighted by Gasteiger charge is 2.47. The molecule has 0 saturated heterocycles. The van der Waals surface area contributed by atoms with E-state index in [-0.39, 0.29) is 18.3 Å². The minimum absolute atomic E-state index is 0.0134. The molecule has 1 aliphatic carbocycles. The lowest BCUT2D eigenvalue weighted by Gasteiger charge is -2.30. The van der Waals surface area contributed by atoms with E-state index in [1.165, 1.54) is 0 Å². The van der Waals surface area contributed by atoms with E-state index >= 15 is 0 Å². The smallest absolute Gasteiger partial charge is 0.392 e. The van der Waals surface area contributed by atoms with Crippen LogP contribution in [-0.2, 0) is 0 Å². The number of halogens is 3. The van der Waals surface area contributed by atoms with Gasteiger partial charge < -0.3 is 10.2 Å². The van der Waals surface area contributed by atoms with E-state index in [0.717, 1.165) is 6.42 Å². The van der Waals surface area contributed by atoms with E-state index in [1.807, 2.05) is 0 Å². The van der Waals surface area contributed by atoms with Crippen molar-refractivity contribution in [1.82, 2.24) is 10.2 Å². The molecule has 16 heavy (non-hydrogen) atoms. The lowest BCUT2D eigenvalue weighted by molar-refractivity contribution is -0.188. The standard InChI is InChI=1S/C9H12F3N3O/c10-9(11,12)6-4-2-1-3-5(6)7-14-15-8(13)16-7/h5-6H,1-4H2,(H2,13,15)/t5-,6-/m0/s1. The average molecular weight is 235 g/mol. The van der Waals surface area contributed by atoms with E-state index in [1.54, 1.807) is 0 Å². The molecular weight excluding hydrogens is 223 g/mol. The lowest BCUT2D eigenvalue weighted by Crippen LogP contribution is -2.31. The lowest BCUT2D eigenvalue weighted by atomic mass is 9.79. The predicted molar refractivity (Wildman–Crippen MR) is 49.5 cm³/mol.